The van der Waals surface area contributed by atoms with Crippen molar-refractivity contribution in [1.29, 1.82) is 0 Å². The third kappa shape index (κ3) is 4.01. The topological polar surface area (TPSA) is 18.5 Å². The van der Waals surface area contributed by atoms with Crippen LogP contribution in [-0.2, 0) is 11.9 Å². The van der Waals surface area contributed by atoms with Crippen molar-refractivity contribution in [2.45, 2.75) is 25.8 Å². The molecule has 0 saturated heterocycles. The summed E-state index contributed by atoms with van der Waals surface area (Å²) < 4.78 is 12.3. The van der Waals surface area contributed by atoms with Crippen LogP contribution in [-0.4, -0.2) is 7.11 Å². The highest BCUT2D eigenvalue weighted by Crippen LogP contribution is 2.37. The number of benzene rings is 2. The summed E-state index contributed by atoms with van der Waals surface area (Å²) in [6.07, 6.45) is 0. The Morgan fingerprint density at radius 3 is 2.52 bits per heavy atom. The van der Waals surface area contributed by atoms with Crippen molar-refractivity contribution < 1.29 is 9.47 Å². The largest absolute Gasteiger partial charge is 0.493 e. The number of methoxy groups -OCH3 is 1. The van der Waals surface area contributed by atoms with Gasteiger partial charge in [0.15, 0.2) is 11.5 Å². The van der Waals surface area contributed by atoms with Crippen molar-refractivity contribution in [3.05, 3.63) is 57.1 Å². The van der Waals surface area contributed by atoms with Crippen LogP contribution < -0.4 is 9.47 Å². The van der Waals surface area contributed by atoms with Gasteiger partial charge in [-0.05, 0) is 58.6 Å². The standard InChI is InChI=1S/C17H18Br2O2/c1-11-4-5-12(2)14(6-11)10-21-17-15(19)7-13(9-18)8-16(17)20-3/h4-8H,9-10H2,1-3H3. The molecule has 0 unspecified atom stereocenters. The van der Waals surface area contributed by atoms with Gasteiger partial charge in [-0.3, -0.25) is 0 Å². The Balaban J connectivity index is 2.25. The van der Waals surface area contributed by atoms with E-state index in [1.807, 2.05) is 12.1 Å². The molecule has 21 heavy (non-hydrogen) atoms. The van der Waals surface area contributed by atoms with Gasteiger partial charge in [-0.2, -0.15) is 0 Å². The van der Waals surface area contributed by atoms with Crippen LogP contribution >= 0.6 is 31.9 Å². The molecule has 0 aromatic heterocycles. The second kappa shape index (κ2) is 7.32. The van der Waals surface area contributed by atoms with Crippen LogP contribution in [0, 0.1) is 13.8 Å². The fourth-order valence-electron chi connectivity index (χ4n) is 2.10. The number of hydrogen-bond acceptors (Lipinski definition) is 2. The van der Waals surface area contributed by atoms with Crippen LogP contribution in [0.15, 0.2) is 34.8 Å². The van der Waals surface area contributed by atoms with Crippen LogP contribution in [0.2, 0.25) is 0 Å². The molecule has 0 aliphatic carbocycles. The molecule has 0 bridgehead atoms. The lowest BCUT2D eigenvalue weighted by Crippen LogP contribution is -2.01. The van der Waals surface area contributed by atoms with Gasteiger partial charge in [0.2, 0.25) is 0 Å². The van der Waals surface area contributed by atoms with E-state index in [1.54, 1.807) is 7.11 Å². The summed E-state index contributed by atoms with van der Waals surface area (Å²) in [5, 5.41) is 0.777. The Hall–Kier alpha value is -1.00. The molecule has 0 spiro atoms. The van der Waals surface area contributed by atoms with Gasteiger partial charge in [-0.25, -0.2) is 0 Å². The molecule has 4 heteroatoms. The normalized spacial score (nSPS) is 10.5. The molecule has 0 atom stereocenters. The van der Waals surface area contributed by atoms with E-state index < -0.39 is 0 Å². The Kier molecular flexibility index (Phi) is 5.71. The molecule has 2 rings (SSSR count). The molecule has 2 aromatic rings. The van der Waals surface area contributed by atoms with E-state index in [4.69, 9.17) is 9.47 Å². The van der Waals surface area contributed by atoms with Crippen LogP contribution in [0.5, 0.6) is 11.5 Å². The van der Waals surface area contributed by atoms with E-state index in [1.165, 1.54) is 16.7 Å². The van der Waals surface area contributed by atoms with Crippen LogP contribution in [0.3, 0.4) is 0 Å². The van der Waals surface area contributed by atoms with Gasteiger partial charge in [-0.1, -0.05) is 39.7 Å². The van der Waals surface area contributed by atoms with E-state index in [-0.39, 0.29) is 0 Å². The summed E-state index contributed by atoms with van der Waals surface area (Å²) in [4.78, 5) is 0. The molecular formula is C17H18Br2O2. The first kappa shape index (κ1) is 16.4. The lowest BCUT2D eigenvalue weighted by Gasteiger charge is -2.15. The first-order chi connectivity index (χ1) is 10.0. The number of rotatable bonds is 5. The smallest absolute Gasteiger partial charge is 0.175 e. The third-order valence-electron chi connectivity index (χ3n) is 3.32. The Morgan fingerprint density at radius 1 is 1.10 bits per heavy atom. The minimum Gasteiger partial charge on any atom is -0.493 e. The van der Waals surface area contributed by atoms with Crippen LogP contribution in [0.4, 0.5) is 0 Å². The zero-order valence-electron chi connectivity index (χ0n) is 12.4. The van der Waals surface area contributed by atoms with E-state index in [0.29, 0.717) is 6.61 Å². The summed E-state index contributed by atoms with van der Waals surface area (Å²) in [5.41, 5.74) is 4.79. The predicted molar refractivity (Wildman–Crippen MR) is 93.6 cm³/mol. The maximum Gasteiger partial charge on any atom is 0.175 e. The maximum atomic E-state index is 5.99. The highest BCUT2D eigenvalue weighted by molar-refractivity contribution is 9.10. The zero-order chi connectivity index (χ0) is 15.4. The van der Waals surface area contributed by atoms with Crippen molar-refractivity contribution in [3.8, 4) is 11.5 Å². The number of halogens is 2. The minimum atomic E-state index is 0.524. The van der Waals surface area contributed by atoms with Gasteiger partial charge in [0.25, 0.3) is 0 Å². The molecule has 2 aromatic carbocycles. The average Bonchev–Trinajstić information content (AvgIpc) is 2.48. The highest BCUT2D eigenvalue weighted by atomic mass is 79.9. The van der Waals surface area contributed by atoms with Crippen molar-refractivity contribution in [2.75, 3.05) is 7.11 Å². The Bertz CT molecular complexity index is 639. The predicted octanol–water partition coefficient (Wildman–Crippen LogP) is 5.55. The quantitative estimate of drug-likeness (QED) is 0.598. The molecule has 0 aliphatic rings. The number of alkyl halides is 1. The van der Waals surface area contributed by atoms with E-state index >= 15 is 0 Å². The average molecular weight is 414 g/mol. The number of hydrogen-bond donors (Lipinski definition) is 0. The van der Waals surface area contributed by atoms with E-state index in [2.05, 4.69) is 63.9 Å². The van der Waals surface area contributed by atoms with E-state index in [9.17, 15) is 0 Å². The summed E-state index contributed by atoms with van der Waals surface area (Å²) in [6.45, 7) is 4.71. The first-order valence-corrected chi connectivity index (χ1v) is 8.58. The lowest BCUT2D eigenvalue weighted by atomic mass is 10.1. The fourth-order valence-corrected chi connectivity index (χ4v) is 3.02. The Labute approximate surface area is 142 Å². The molecule has 0 radical (unpaired) electrons. The highest BCUT2D eigenvalue weighted by Gasteiger charge is 2.12. The van der Waals surface area contributed by atoms with Gasteiger partial charge in [-0.15, -0.1) is 0 Å². The van der Waals surface area contributed by atoms with Crippen molar-refractivity contribution in [3.63, 3.8) is 0 Å². The van der Waals surface area contributed by atoms with Gasteiger partial charge in [0, 0.05) is 5.33 Å². The fraction of sp³-hybridized carbons (Fsp3) is 0.294. The van der Waals surface area contributed by atoms with E-state index in [0.717, 1.165) is 26.9 Å². The van der Waals surface area contributed by atoms with Crippen LogP contribution in [0.25, 0.3) is 0 Å². The zero-order valence-corrected chi connectivity index (χ0v) is 15.5. The van der Waals surface area contributed by atoms with Gasteiger partial charge in [0.1, 0.15) is 6.61 Å². The molecule has 2 nitrogen and oxygen atoms in total. The van der Waals surface area contributed by atoms with Gasteiger partial charge < -0.3 is 9.47 Å². The second-order valence-corrected chi connectivity index (χ2v) is 6.38. The van der Waals surface area contributed by atoms with Crippen molar-refractivity contribution in [2.24, 2.45) is 0 Å². The number of aryl methyl sites for hydroxylation is 2. The first-order valence-electron chi connectivity index (χ1n) is 6.66. The molecule has 0 fully saturated rings. The molecular weight excluding hydrogens is 396 g/mol. The summed E-state index contributed by atoms with van der Waals surface area (Å²) >= 11 is 7.02. The molecule has 0 saturated carbocycles. The maximum absolute atomic E-state index is 5.99. The van der Waals surface area contributed by atoms with Crippen molar-refractivity contribution >= 4 is 31.9 Å². The minimum absolute atomic E-state index is 0.524. The number of ether oxygens (including phenoxy) is 2. The van der Waals surface area contributed by atoms with Gasteiger partial charge in [0.05, 0.1) is 11.6 Å². The molecule has 0 N–H and O–H groups in total. The third-order valence-corrected chi connectivity index (χ3v) is 4.56. The molecule has 0 aliphatic heterocycles. The SMILES string of the molecule is COc1cc(CBr)cc(Br)c1OCc1cc(C)ccc1C. The Morgan fingerprint density at radius 2 is 1.86 bits per heavy atom. The molecule has 112 valence electrons. The van der Waals surface area contributed by atoms with Gasteiger partial charge >= 0.3 is 0 Å². The van der Waals surface area contributed by atoms with Crippen molar-refractivity contribution in [1.82, 2.24) is 0 Å². The molecule has 0 amide bonds. The second-order valence-electron chi connectivity index (χ2n) is 4.96. The summed E-state index contributed by atoms with van der Waals surface area (Å²) in [5.74, 6) is 1.48. The summed E-state index contributed by atoms with van der Waals surface area (Å²) in [6, 6.07) is 10.4. The monoisotopic (exact) mass is 412 g/mol. The molecule has 0 heterocycles. The summed E-state index contributed by atoms with van der Waals surface area (Å²) in [7, 11) is 1.66. The van der Waals surface area contributed by atoms with Crippen LogP contribution in [0.1, 0.15) is 22.3 Å². The lowest BCUT2D eigenvalue weighted by molar-refractivity contribution is 0.282.